The van der Waals surface area contributed by atoms with E-state index in [0.717, 1.165) is 31.6 Å². The number of aryl methyl sites for hydroxylation is 2. The van der Waals surface area contributed by atoms with Gasteiger partial charge < -0.3 is 9.13 Å². The van der Waals surface area contributed by atoms with Crippen LogP contribution in [0.2, 0.25) is 0 Å². The van der Waals surface area contributed by atoms with E-state index in [1.807, 2.05) is 24.0 Å². The highest BCUT2D eigenvalue weighted by atomic mass is 15.2. The number of rotatable bonds is 5. The van der Waals surface area contributed by atoms with Crippen LogP contribution in [0.25, 0.3) is 0 Å². The molecule has 2 aromatic rings. The number of imidazole rings is 1. The van der Waals surface area contributed by atoms with Gasteiger partial charge in [-0.05, 0) is 44.4 Å². The normalized spacial score (nSPS) is 18.7. The molecule has 1 saturated heterocycles. The molecular weight excluding hydrogens is 298 g/mol. The lowest BCUT2D eigenvalue weighted by molar-refractivity contribution is 0.131. The quantitative estimate of drug-likeness (QED) is 0.849. The predicted octanol–water partition coefficient (Wildman–Crippen LogP) is 2.93. The third-order valence-electron chi connectivity index (χ3n) is 5.50. The summed E-state index contributed by atoms with van der Waals surface area (Å²) in [6.45, 7) is 4.22. The van der Waals surface area contributed by atoms with Crippen LogP contribution in [0.1, 0.15) is 48.5 Å². The van der Waals surface area contributed by atoms with Crippen LogP contribution >= 0.6 is 0 Å². The molecule has 0 radical (unpaired) electrons. The molecule has 24 heavy (non-hydrogen) atoms. The Balaban J connectivity index is 1.68. The number of nitriles is 1. The van der Waals surface area contributed by atoms with E-state index < -0.39 is 0 Å². The van der Waals surface area contributed by atoms with Gasteiger partial charge in [0.05, 0.1) is 0 Å². The molecule has 5 nitrogen and oxygen atoms in total. The fourth-order valence-electron chi connectivity index (χ4n) is 3.78. The van der Waals surface area contributed by atoms with Crippen LogP contribution in [0.5, 0.6) is 0 Å². The van der Waals surface area contributed by atoms with Crippen LogP contribution < -0.4 is 0 Å². The van der Waals surface area contributed by atoms with Crippen molar-refractivity contribution in [3.8, 4) is 6.07 Å². The topological polar surface area (TPSA) is 49.8 Å². The van der Waals surface area contributed by atoms with Crippen LogP contribution in [0, 0.1) is 18.3 Å². The Bertz CT molecular complexity index is 734. The lowest BCUT2D eigenvalue weighted by Gasteiger charge is -2.36. The van der Waals surface area contributed by atoms with Crippen molar-refractivity contribution in [1.82, 2.24) is 19.0 Å². The second-order valence-electron chi connectivity index (χ2n) is 6.92. The first-order valence-electron chi connectivity index (χ1n) is 8.85. The fourth-order valence-corrected chi connectivity index (χ4v) is 3.78. The van der Waals surface area contributed by atoms with Crippen LogP contribution in [0.4, 0.5) is 0 Å². The van der Waals surface area contributed by atoms with E-state index in [9.17, 15) is 5.26 Å². The van der Waals surface area contributed by atoms with E-state index in [1.54, 1.807) is 0 Å². The summed E-state index contributed by atoms with van der Waals surface area (Å²) in [5, 5.41) is 9.24. The second-order valence-corrected chi connectivity index (χ2v) is 6.92. The van der Waals surface area contributed by atoms with Crippen molar-refractivity contribution >= 4 is 0 Å². The molecule has 2 aromatic heterocycles. The Kier molecular flexibility index (Phi) is 5.06. The number of piperidine rings is 1. The summed E-state index contributed by atoms with van der Waals surface area (Å²) in [6.07, 6.45) is 9.94. The summed E-state index contributed by atoms with van der Waals surface area (Å²) < 4.78 is 4.12. The summed E-state index contributed by atoms with van der Waals surface area (Å²) in [5.41, 5.74) is 3.25. The van der Waals surface area contributed by atoms with Gasteiger partial charge in [-0.2, -0.15) is 5.26 Å². The fraction of sp³-hybridized carbons (Fsp3) is 0.579. The van der Waals surface area contributed by atoms with Gasteiger partial charge in [0.2, 0.25) is 0 Å². The molecule has 0 spiro atoms. The van der Waals surface area contributed by atoms with Gasteiger partial charge >= 0.3 is 0 Å². The molecule has 0 aliphatic carbocycles. The van der Waals surface area contributed by atoms with Gasteiger partial charge in [-0.1, -0.05) is 6.42 Å². The van der Waals surface area contributed by atoms with Crippen LogP contribution in [-0.2, 0) is 27.1 Å². The van der Waals surface area contributed by atoms with Gasteiger partial charge in [0.15, 0.2) is 0 Å². The monoisotopic (exact) mass is 325 g/mol. The van der Waals surface area contributed by atoms with Crippen LogP contribution in [-0.4, -0.2) is 31.6 Å². The molecule has 1 aliphatic rings. The zero-order chi connectivity index (χ0) is 17.1. The molecular formula is C19H27N5. The van der Waals surface area contributed by atoms with E-state index in [-0.39, 0.29) is 0 Å². The maximum absolute atomic E-state index is 9.24. The maximum Gasteiger partial charge on any atom is 0.120 e. The molecule has 1 atom stereocenters. The maximum atomic E-state index is 9.24. The molecule has 128 valence electrons. The van der Waals surface area contributed by atoms with E-state index in [0.29, 0.717) is 6.04 Å². The average molecular weight is 325 g/mol. The molecule has 3 rings (SSSR count). The minimum atomic E-state index is 0.612. The summed E-state index contributed by atoms with van der Waals surface area (Å²) >= 11 is 0. The van der Waals surface area contributed by atoms with E-state index in [1.165, 1.54) is 36.3 Å². The van der Waals surface area contributed by atoms with Gasteiger partial charge in [-0.15, -0.1) is 0 Å². The Morgan fingerprint density at radius 2 is 2.17 bits per heavy atom. The Hall–Kier alpha value is -2.06. The molecule has 5 heteroatoms. The van der Waals surface area contributed by atoms with Gasteiger partial charge in [0.1, 0.15) is 17.6 Å². The Morgan fingerprint density at radius 1 is 1.33 bits per heavy atom. The molecule has 1 fully saturated rings. The number of hydrogen-bond acceptors (Lipinski definition) is 3. The molecule has 3 heterocycles. The van der Waals surface area contributed by atoms with E-state index in [2.05, 4.69) is 40.6 Å². The van der Waals surface area contributed by atoms with Crippen molar-refractivity contribution in [2.45, 2.75) is 51.6 Å². The first kappa shape index (κ1) is 16.8. The Morgan fingerprint density at radius 3 is 2.83 bits per heavy atom. The molecule has 0 amide bonds. The first-order valence-corrected chi connectivity index (χ1v) is 8.85. The van der Waals surface area contributed by atoms with Crippen LogP contribution in [0.15, 0.2) is 18.5 Å². The molecule has 0 bridgehead atoms. The van der Waals surface area contributed by atoms with Gasteiger partial charge in [0.25, 0.3) is 0 Å². The third-order valence-corrected chi connectivity index (χ3v) is 5.50. The zero-order valence-corrected chi connectivity index (χ0v) is 15.0. The SMILES string of the molecule is Cc1c(CN2CCCCC2CCc2nccn2C)cc(C#N)n1C. The summed E-state index contributed by atoms with van der Waals surface area (Å²) in [5.74, 6) is 1.17. The van der Waals surface area contributed by atoms with Crippen molar-refractivity contribution in [2.75, 3.05) is 6.54 Å². The highest BCUT2D eigenvalue weighted by Gasteiger charge is 2.24. The highest BCUT2D eigenvalue weighted by Crippen LogP contribution is 2.25. The van der Waals surface area contributed by atoms with Gasteiger partial charge in [0, 0.05) is 51.2 Å². The number of nitrogens with zero attached hydrogens (tertiary/aromatic N) is 5. The summed E-state index contributed by atoms with van der Waals surface area (Å²) in [7, 11) is 4.05. The van der Waals surface area contributed by atoms with Crippen molar-refractivity contribution in [3.63, 3.8) is 0 Å². The van der Waals surface area contributed by atoms with E-state index in [4.69, 9.17) is 0 Å². The lowest BCUT2D eigenvalue weighted by atomic mass is 9.97. The largest absolute Gasteiger partial charge is 0.340 e. The van der Waals surface area contributed by atoms with E-state index >= 15 is 0 Å². The van der Waals surface area contributed by atoms with Gasteiger partial charge in [-0.25, -0.2) is 4.98 Å². The molecule has 0 aromatic carbocycles. The zero-order valence-electron chi connectivity index (χ0n) is 15.0. The van der Waals surface area contributed by atoms with Gasteiger partial charge in [-0.3, -0.25) is 4.90 Å². The van der Waals surface area contributed by atoms with Crippen molar-refractivity contribution < 1.29 is 0 Å². The molecule has 0 saturated carbocycles. The standard InChI is InChI=1S/C19H27N5/c1-15-16(12-18(13-20)23(15)3)14-24-10-5-4-6-17(24)7-8-19-21-9-11-22(19)2/h9,11-12,17H,4-8,10,14H2,1-3H3. The van der Waals surface area contributed by atoms with Crippen LogP contribution in [0.3, 0.4) is 0 Å². The lowest BCUT2D eigenvalue weighted by Crippen LogP contribution is -2.39. The second kappa shape index (κ2) is 7.23. The molecule has 1 aliphatic heterocycles. The van der Waals surface area contributed by atoms with Crippen molar-refractivity contribution in [1.29, 1.82) is 5.26 Å². The Labute approximate surface area is 144 Å². The molecule has 0 N–H and O–H groups in total. The minimum absolute atomic E-state index is 0.612. The summed E-state index contributed by atoms with van der Waals surface area (Å²) in [6, 6.07) is 4.96. The summed E-state index contributed by atoms with van der Waals surface area (Å²) in [4.78, 5) is 7.06. The number of likely N-dealkylation sites (tertiary alicyclic amines) is 1. The first-order chi connectivity index (χ1) is 11.6. The number of aromatic nitrogens is 3. The van der Waals surface area contributed by atoms with Crippen molar-refractivity contribution in [2.24, 2.45) is 14.1 Å². The average Bonchev–Trinajstić information content (AvgIpc) is 3.12. The highest BCUT2D eigenvalue weighted by molar-refractivity contribution is 5.34. The van der Waals surface area contributed by atoms with Crippen molar-refractivity contribution in [3.05, 3.63) is 41.2 Å². The minimum Gasteiger partial charge on any atom is -0.340 e. The third kappa shape index (κ3) is 3.39. The predicted molar refractivity (Wildman–Crippen MR) is 94.4 cm³/mol. The number of hydrogen-bond donors (Lipinski definition) is 0. The molecule has 1 unspecified atom stereocenters. The smallest absolute Gasteiger partial charge is 0.120 e.